The van der Waals surface area contributed by atoms with Crippen LogP contribution in [0, 0.1) is 0 Å². The third kappa shape index (κ3) is 11.0. The van der Waals surface area contributed by atoms with Gasteiger partial charge in [0.25, 0.3) is 0 Å². The van der Waals surface area contributed by atoms with Crippen LogP contribution >= 0.6 is 0 Å². The molecule has 4 nitrogen and oxygen atoms in total. The first-order chi connectivity index (χ1) is 12.2. The van der Waals surface area contributed by atoms with Crippen LogP contribution in [0.25, 0.3) is 0 Å². The number of allylic oxidation sites excluding steroid dienone is 5. The van der Waals surface area contributed by atoms with Crippen molar-refractivity contribution in [1.82, 2.24) is 0 Å². The lowest BCUT2D eigenvalue weighted by Crippen LogP contribution is -2.13. The minimum atomic E-state index is -0.477. The number of methoxy groups -OCH3 is 1. The van der Waals surface area contributed by atoms with Crippen LogP contribution in [-0.2, 0) is 14.3 Å². The van der Waals surface area contributed by atoms with E-state index in [2.05, 4.69) is 36.0 Å². The van der Waals surface area contributed by atoms with Crippen LogP contribution in [0.2, 0.25) is 0 Å². The molecule has 1 heterocycles. The van der Waals surface area contributed by atoms with Crippen molar-refractivity contribution in [3.8, 4) is 0 Å². The Balaban J connectivity index is 2.00. The fourth-order valence-electron chi connectivity index (χ4n) is 2.64. The van der Waals surface area contributed by atoms with Crippen LogP contribution in [0.15, 0.2) is 36.5 Å². The summed E-state index contributed by atoms with van der Waals surface area (Å²) in [6, 6.07) is 0. The molecule has 1 aliphatic heterocycles. The van der Waals surface area contributed by atoms with E-state index in [9.17, 15) is 9.90 Å². The number of esters is 1. The summed E-state index contributed by atoms with van der Waals surface area (Å²) in [5.41, 5.74) is 0. The van der Waals surface area contributed by atoms with Gasteiger partial charge in [0.15, 0.2) is 0 Å². The van der Waals surface area contributed by atoms with Crippen molar-refractivity contribution in [3.63, 3.8) is 0 Å². The molecule has 1 aliphatic rings. The Hall–Kier alpha value is -1.39. The first kappa shape index (κ1) is 21.7. The fourth-order valence-corrected chi connectivity index (χ4v) is 2.64. The zero-order valence-electron chi connectivity index (χ0n) is 15.7. The molecule has 0 aromatic heterocycles. The summed E-state index contributed by atoms with van der Waals surface area (Å²) >= 11 is 0. The lowest BCUT2D eigenvalue weighted by atomic mass is 10.1. The Kier molecular flexibility index (Phi) is 12.0. The summed E-state index contributed by atoms with van der Waals surface area (Å²) in [7, 11) is 1.42. The molecule has 0 radical (unpaired) electrons. The van der Waals surface area contributed by atoms with Crippen LogP contribution in [0.5, 0.6) is 0 Å². The number of hydrogen-bond donors (Lipinski definition) is 1. The molecule has 0 aromatic rings. The molecule has 1 N–H and O–H groups in total. The second-order valence-corrected chi connectivity index (χ2v) is 6.44. The van der Waals surface area contributed by atoms with Crippen LogP contribution < -0.4 is 0 Å². The Labute approximate surface area is 152 Å². The molecule has 0 aliphatic carbocycles. The van der Waals surface area contributed by atoms with E-state index in [0.717, 1.165) is 32.1 Å². The van der Waals surface area contributed by atoms with E-state index in [4.69, 9.17) is 4.74 Å². The summed E-state index contributed by atoms with van der Waals surface area (Å²) < 4.78 is 10.1. The molecule has 3 atom stereocenters. The van der Waals surface area contributed by atoms with Gasteiger partial charge in [0, 0.05) is 6.42 Å². The number of epoxide rings is 1. The van der Waals surface area contributed by atoms with Crippen molar-refractivity contribution in [2.45, 2.75) is 83.0 Å². The molecule has 1 rings (SSSR count). The smallest absolute Gasteiger partial charge is 0.305 e. The van der Waals surface area contributed by atoms with Gasteiger partial charge >= 0.3 is 5.97 Å². The summed E-state index contributed by atoms with van der Waals surface area (Å²) in [5.74, 6) is -0.147. The third-order valence-corrected chi connectivity index (χ3v) is 4.24. The van der Waals surface area contributed by atoms with Gasteiger partial charge in [-0.2, -0.15) is 0 Å². The first-order valence-electron chi connectivity index (χ1n) is 9.56. The minimum absolute atomic E-state index is 0.00464. The number of aliphatic hydroxyl groups excluding tert-OH is 1. The molecule has 0 saturated carbocycles. The molecule has 0 unspecified atom stereocenters. The zero-order valence-corrected chi connectivity index (χ0v) is 15.7. The Bertz CT molecular complexity index is 439. The Morgan fingerprint density at radius 1 is 1.12 bits per heavy atom. The maximum atomic E-state index is 10.9. The molecule has 1 saturated heterocycles. The maximum Gasteiger partial charge on any atom is 0.305 e. The second kappa shape index (κ2) is 13.9. The van der Waals surface area contributed by atoms with E-state index in [1.165, 1.54) is 26.4 Å². The molecular weight excluding hydrogens is 316 g/mol. The summed E-state index contributed by atoms with van der Waals surface area (Å²) in [6.45, 7) is 2.19. The number of carbonyl (C=O) groups excluding carboxylic acids is 1. The van der Waals surface area contributed by atoms with Crippen molar-refractivity contribution in [1.29, 1.82) is 0 Å². The second-order valence-electron chi connectivity index (χ2n) is 6.44. The number of carbonyl (C=O) groups is 1. The normalized spacial score (nSPS) is 21.4. The minimum Gasteiger partial charge on any atom is -0.469 e. The monoisotopic (exact) mass is 350 g/mol. The van der Waals surface area contributed by atoms with Crippen molar-refractivity contribution >= 4 is 5.97 Å². The van der Waals surface area contributed by atoms with E-state index in [0.29, 0.717) is 6.42 Å². The van der Waals surface area contributed by atoms with Gasteiger partial charge in [0.2, 0.25) is 0 Å². The summed E-state index contributed by atoms with van der Waals surface area (Å²) in [4.78, 5) is 10.9. The number of ether oxygens (including phenoxy) is 2. The largest absolute Gasteiger partial charge is 0.469 e. The van der Waals surface area contributed by atoms with E-state index in [1.807, 2.05) is 12.2 Å². The summed E-state index contributed by atoms with van der Waals surface area (Å²) in [5, 5.41) is 10.0. The average molecular weight is 350 g/mol. The molecule has 0 bridgehead atoms. The highest BCUT2D eigenvalue weighted by Gasteiger charge is 2.42. The standard InChI is InChI=1S/C21H34O4/c1-3-4-12-16-19-21(25-19)18(22)15-13-10-8-6-5-7-9-11-14-17-20(23)24-2/h6-9,13,15,18-19,21-22H,3-5,10-12,14,16-17H2,1-2H3/b8-6-,9-7-,15-13-/t18-,19-,21-/m0/s1. The SMILES string of the molecule is CCCCC[C@@H]1O[C@H]1[C@@H](O)/C=C\C/C=C\C/C=C\CCCC(=O)OC. The fraction of sp³-hybridized carbons (Fsp3) is 0.667. The van der Waals surface area contributed by atoms with Gasteiger partial charge in [-0.05, 0) is 32.1 Å². The van der Waals surface area contributed by atoms with Crippen molar-refractivity contribution in [3.05, 3.63) is 36.5 Å². The van der Waals surface area contributed by atoms with Crippen LogP contribution in [0.1, 0.15) is 64.7 Å². The Morgan fingerprint density at radius 3 is 2.56 bits per heavy atom. The number of rotatable bonds is 14. The van der Waals surface area contributed by atoms with E-state index in [1.54, 1.807) is 0 Å². The lowest BCUT2D eigenvalue weighted by molar-refractivity contribution is -0.140. The maximum absolute atomic E-state index is 10.9. The zero-order chi connectivity index (χ0) is 18.3. The van der Waals surface area contributed by atoms with Gasteiger partial charge in [-0.3, -0.25) is 4.79 Å². The molecular formula is C21H34O4. The van der Waals surface area contributed by atoms with Crippen LogP contribution in [0.4, 0.5) is 0 Å². The molecule has 4 heteroatoms. The van der Waals surface area contributed by atoms with Gasteiger partial charge in [-0.15, -0.1) is 0 Å². The number of aliphatic hydroxyl groups is 1. The highest BCUT2D eigenvalue weighted by molar-refractivity contribution is 5.69. The highest BCUT2D eigenvalue weighted by atomic mass is 16.6. The van der Waals surface area contributed by atoms with Gasteiger partial charge in [0.1, 0.15) is 12.2 Å². The number of hydrogen-bond acceptors (Lipinski definition) is 4. The highest BCUT2D eigenvalue weighted by Crippen LogP contribution is 2.30. The molecule has 0 spiro atoms. The first-order valence-corrected chi connectivity index (χ1v) is 9.56. The quantitative estimate of drug-likeness (QED) is 0.217. The van der Waals surface area contributed by atoms with Crippen molar-refractivity contribution < 1.29 is 19.4 Å². The predicted molar refractivity (Wildman–Crippen MR) is 101 cm³/mol. The Morgan fingerprint density at radius 2 is 1.84 bits per heavy atom. The van der Waals surface area contributed by atoms with E-state index < -0.39 is 6.10 Å². The topological polar surface area (TPSA) is 59.1 Å². The lowest BCUT2D eigenvalue weighted by Gasteiger charge is -2.00. The molecule has 142 valence electrons. The average Bonchev–Trinajstić information content (AvgIpc) is 3.39. The molecule has 1 fully saturated rings. The van der Waals surface area contributed by atoms with Crippen molar-refractivity contribution in [2.75, 3.05) is 7.11 Å². The van der Waals surface area contributed by atoms with Crippen LogP contribution in [-0.4, -0.2) is 36.5 Å². The van der Waals surface area contributed by atoms with Gasteiger partial charge in [-0.1, -0.05) is 62.6 Å². The van der Waals surface area contributed by atoms with Crippen LogP contribution in [0.3, 0.4) is 0 Å². The molecule has 25 heavy (non-hydrogen) atoms. The van der Waals surface area contributed by atoms with Gasteiger partial charge in [-0.25, -0.2) is 0 Å². The van der Waals surface area contributed by atoms with E-state index >= 15 is 0 Å². The number of unbranched alkanes of at least 4 members (excludes halogenated alkanes) is 3. The molecule has 0 aromatic carbocycles. The van der Waals surface area contributed by atoms with E-state index in [-0.39, 0.29) is 18.2 Å². The van der Waals surface area contributed by atoms with Gasteiger partial charge < -0.3 is 14.6 Å². The van der Waals surface area contributed by atoms with Crippen molar-refractivity contribution in [2.24, 2.45) is 0 Å². The molecule has 0 amide bonds. The third-order valence-electron chi connectivity index (χ3n) is 4.24. The predicted octanol–water partition coefficient (Wildman–Crippen LogP) is 4.49. The summed E-state index contributed by atoms with van der Waals surface area (Å²) in [6.07, 6.45) is 20.6. The van der Waals surface area contributed by atoms with Gasteiger partial charge in [0.05, 0.1) is 13.2 Å².